The number of hydrogen-bond acceptors (Lipinski definition) is 4. The summed E-state index contributed by atoms with van der Waals surface area (Å²) in [7, 11) is 0. The number of piperazine rings is 1. The highest BCUT2D eigenvalue weighted by molar-refractivity contribution is 7.98. The van der Waals surface area contributed by atoms with E-state index in [1.54, 1.807) is 0 Å². The van der Waals surface area contributed by atoms with Crippen molar-refractivity contribution in [3.05, 3.63) is 29.8 Å². The predicted octanol–water partition coefficient (Wildman–Crippen LogP) is 2.82. The Labute approximate surface area is 170 Å². The third-order valence-corrected chi connectivity index (χ3v) is 5.45. The Kier molecular flexibility index (Phi) is 10.5. The molecule has 1 saturated heterocycles. The summed E-state index contributed by atoms with van der Waals surface area (Å²) in [5, 5.41) is 6.71. The van der Waals surface area contributed by atoms with Gasteiger partial charge >= 0.3 is 0 Å². The maximum atomic E-state index is 4.69. The van der Waals surface area contributed by atoms with Crippen molar-refractivity contribution >= 4 is 23.4 Å². The van der Waals surface area contributed by atoms with E-state index >= 15 is 0 Å². The molecule has 1 fully saturated rings. The second-order valence-electron chi connectivity index (χ2n) is 7.06. The molecule has 1 heterocycles. The van der Waals surface area contributed by atoms with Crippen LogP contribution in [0.1, 0.15) is 25.3 Å². The fourth-order valence-corrected chi connectivity index (χ4v) is 3.61. The molecule has 152 valence electrons. The quantitative estimate of drug-likeness (QED) is 0.365. The Hall–Kier alpha value is -1.40. The van der Waals surface area contributed by atoms with Crippen LogP contribution in [0.4, 0.5) is 5.69 Å². The van der Waals surface area contributed by atoms with Crippen LogP contribution < -0.4 is 15.5 Å². The van der Waals surface area contributed by atoms with Crippen molar-refractivity contribution < 1.29 is 0 Å². The Morgan fingerprint density at radius 2 is 1.96 bits per heavy atom. The van der Waals surface area contributed by atoms with Crippen molar-refractivity contribution in [2.45, 2.75) is 26.7 Å². The van der Waals surface area contributed by atoms with E-state index in [0.29, 0.717) is 0 Å². The maximum Gasteiger partial charge on any atom is 0.191 e. The Bertz CT molecular complexity index is 555. The minimum absolute atomic E-state index is 0.901. The number of benzene rings is 1. The van der Waals surface area contributed by atoms with Crippen LogP contribution in [0.15, 0.2) is 29.3 Å². The van der Waals surface area contributed by atoms with Gasteiger partial charge in [0.15, 0.2) is 5.96 Å². The lowest BCUT2D eigenvalue weighted by atomic mass is 10.2. The molecule has 0 aromatic heterocycles. The van der Waals surface area contributed by atoms with E-state index in [2.05, 4.69) is 69.8 Å². The molecule has 1 aliphatic heterocycles. The second-order valence-corrected chi connectivity index (χ2v) is 8.04. The van der Waals surface area contributed by atoms with Crippen LogP contribution >= 0.6 is 11.8 Å². The van der Waals surface area contributed by atoms with E-state index in [1.165, 1.54) is 24.2 Å². The first kappa shape index (κ1) is 21.9. The molecule has 0 unspecified atom stereocenters. The van der Waals surface area contributed by atoms with Gasteiger partial charge in [-0.1, -0.05) is 12.1 Å². The average Bonchev–Trinajstić information content (AvgIpc) is 2.68. The summed E-state index contributed by atoms with van der Waals surface area (Å²) in [6.45, 7) is 12.8. The first-order chi connectivity index (χ1) is 13.2. The number of aliphatic imine (C=N–C) groups is 1. The van der Waals surface area contributed by atoms with Crippen LogP contribution in [0.5, 0.6) is 0 Å². The summed E-state index contributed by atoms with van der Waals surface area (Å²) in [5.74, 6) is 2.07. The molecule has 2 N–H and O–H groups in total. The molecule has 1 aromatic carbocycles. The van der Waals surface area contributed by atoms with Gasteiger partial charge < -0.3 is 15.5 Å². The van der Waals surface area contributed by atoms with Gasteiger partial charge in [-0.05, 0) is 57.2 Å². The highest BCUT2D eigenvalue weighted by atomic mass is 32.2. The van der Waals surface area contributed by atoms with E-state index < -0.39 is 0 Å². The molecular formula is C21H37N5S. The molecule has 0 atom stereocenters. The number of nitrogens with zero attached hydrogens (tertiary/aromatic N) is 3. The zero-order valence-corrected chi connectivity index (χ0v) is 18.2. The summed E-state index contributed by atoms with van der Waals surface area (Å²) < 4.78 is 0. The van der Waals surface area contributed by atoms with Gasteiger partial charge in [-0.2, -0.15) is 11.8 Å². The van der Waals surface area contributed by atoms with Crippen molar-refractivity contribution in [1.29, 1.82) is 0 Å². The van der Waals surface area contributed by atoms with Gasteiger partial charge in [0.2, 0.25) is 0 Å². The lowest BCUT2D eigenvalue weighted by Crippen LogP contribution is -2.46. The van der Waals surface area contributed by atoms with Crippen molar-refractivity contribution in [2.75, 3.05) is 69.3 Å². The fraction of sp³-hybridized carbons (Fsp3) is 0.667. The molecule has 1 aliphatic rings. The first-order valence-corrected chi connectivity index (χ1v) is 11.7. The molecular weight excluding hydrogens is 354 g/mol. The Balaban J connectivity index is 1.61. The van der Waals surface area contributed by atoms with Gasteiger partial charge in [0.05, 0.1) is 0 Å². The summed E-state index contributed by atoms with van der Waals surface area (Å²) in [6.07, 6.45) is 4.50. The third kappa shape index (κ3) is 8.43. The highest BCUT2D eigenvalue weighted by Crippen LogP contribution is 2.17. The van der Waals surface area contributed by atoms with E-state index in [9.17, 15) is 0 Å². The number of anilines is 1. The standard InChI is InChI=1S/C21H37N5S/c1-4-22-21(24-11-17-27-3)23-10-5-6-12-25-13-15-26(16-14-25)20-9-7-8-19(2)18-20/h7-9,18H,4-6,10-17H2,1-3H3,(H2,22,23,24). The van der Waals surface area contributed by atoms with Crippen LogP contribution in [-0.4, -0.2) is 75.2 Å². The van der Waals surface area contributed by atoms with Crippen LogP contribution in [-0.2, 0) is 0 Å². The van der Waals surface area contributed by atoms with Crippen LogP contribution in [0.2, 0.25) is 0 Å². The minimum atomic E-state index is 0.901. The van der Waals surface area contributed by atoms with E-state index in [0.717, 1.165) is 63.9 Å². The number of hydrogen-bond donors (Lipinski definition) is 2. The normalized spacial score (nSPS) is 15.8. The fourth-order valence-electron chi connectivity index (χ4n) is 3.31. The van der Waals surface area contributed by atoms with Crippen LogP contribution in [0.25, 0.3) is 0 Å². The second kappa shape index (κ2) is 12.9. The van der Waals surface area contributed by atoms with Crippen molar-refractivity contribution in [1.82, 2.24) is 15.5 Å². The molecule has 0 spiro atoms. The molecule has 0 radical (unpaired) electrons. The highest BCUT2D eigenvalue weighted by Gasteiger charge is 2.16. The molecule has 6 heteroatoms. The van der Waals surface area contributed by atoms with Gasteiger partial charge in [0, 0.05) is 57.3 Å². The zero-order chi connectivity index (χ0) is 19.3. The number of guanidine groups is 1. The Morgan fingerprint density at radius 3 is 2.67 bits per heavy atom. The SMILES string of the molecule is CCNC(=NCCCCN1CCN(c2cccc(C)c2)CC1)NCCSC. The number of rotatable bonds is 10. The number of nitrogens with one attached hydrogen (secondary N) is 2. The number of thioether (sulfide) groups is 1. The van der Waals surface area contributed by atoms with Gasteiger partial charge in [-0.3, -0.25) is 9.89 Å². The van der Waals surface area contributed by atoms with Crippen molar-refractivity contribution in [3.8, 4) is 0 Å². The Morgan fingerprint density at radius 1 is 1.15 bits per heavy atom. The molecule has 2 rings (SSSR count). The molecule has 0 bridgehead atoms. The monoisotopic (exact) mass is 391 g/mol. The van der Waals surface area contributed by atoms with Crippen LogP contribution in [0, 0.1) is 6.92 Å². The zero-order valence-electron chi connectivity index (χ0n) is 17.3. The van der Waals surface area contributed by atoms with Crippen molar-refractivity contribution in [3.63, 3.8) is 0 Å². The van der Waals surface area contributed by atoms with Crippen LogP contribution in [0.3, 0.4) is 0 Å². The largest absolute Gasteiger partial charge is 0.369 e. The summed E-state index contributed by atoms with van der Waals surface area (Å²) in [6, 6.07) is 8.86. The average molecular weight is 392 g/mol. The lowest BCUT2D eigenvalue weighted by molar-refractivity contribution is 0.253. The molecule has 0 saturated carbocycles. The van der Waals surface area contributed by atoms with Gasteiger partial charge in [0.25, 0.3) is 0 Å². The predicted molar refractivity (Wildman–Crippen MR) is 121 cm³/mol. The lowest BCUT2D eigenvalue weighted by Gasteiger charge is -2.36. The maximum absolute atomic E-state index is 4.69. The molecule has 0 amide bonds. The molecule has 27 heavy (non-hydrogen) atoms. The molecule has 1 aromatic rings. The third-order valence-electron chi connectivity index (χ3n) is 4.83. The van der Waals surface area contributed by atoms with E-state index in [4.69, 9.17) is 0 Å². The smallest absolute Gasteiger partial charge is 0.191 e. The molecule has 0 aliphatic carbocycles. The number of unbranched alkanes of at least 4 members (excludes halogenated alkanes) is 1. The summed E-state index contributed by atoms with van der Waals surface area (Å²) in [4.78, 5) is 9.79. The number of aryl methyl sites for hydroxylation is 1. The van der Waals surface area contributed by atoms with Gasteiger partial charge in [-0.15, -0.1) is 0 Å². The van der Waals surface area contributed by atoms with E-state index in [-0.39, 0.29) is 0 Å². The topological polar surface area (TPSA) is 42.9 Å². The minimum Gasteiger partial charge on any atom is -0.369 e. The first-order valence-electron chi connectivity index (χ1n) is 10.3. The summed E-state index contributed by atoms with van der Waals surface area (Å²) >= 11 is 1.85. The van der Waals surface area contributed by atoms with E-state index in [1.807, 2.05) is 11.8 Å². The van der Waals surface area contributed by atoms with Gasteiger partial charge in [-0.25, -0.2) is 0 Å². The van der Waals surface area contributed by atoms with Gasteiger partial charge in [0.1, 0.15) is 0 Å². The summed E-state index contributed by atoms with van der Waals surface area (Å²) in [5.41, 5.74) is 2.71. The van der Waals surface area contributed by atoms with Crippen molar-refractivity contribution in [2.24, 2.45) is 4.99 Å². The molecule has 5 nitrogen and oxygen atoms in total.